The minimum atomic E-state index is -0.0231. The summed E-state index contributed by atoms with van der Waals surface area (Å²) in [6, 6.07) is 3.81. The van der Waals surface area contributed by atoms with Gasteiger partial charge in [0, 0.05) is 30.7 Å². The lowest BCUT2D eigenvalue weighted by Crippen LogP contribution is -1.95. The third-order valence-electron chi connectivity index (χ3n) is 2.57. The number of rotatable bonds is 2. The van der Waals surface area contributed by atoms with Crippen LogP contribution in [-0.2, 0) is 13.7 Å². The molecule has 0 spiro atoms. The van der Waals surface area contributed by atoms with Crippen molar-refractivity contribution in [2.75, 3.05) is 0 Å². The summed E-state index contributed by atoms with van der Waals surface area (Å²) in [6.45, 7) is 1.92. The molecule has 2 aromatic rings. The van der Waals surface area contributed by atoms with Gasteiger partial charge in [0.15, 0.2) is 0 Å². The number of aliphatic hydroxyl groups excluding tert-OH is 1. The van der Waals surface area contributed by atoms with Crippen molar-refractivity contribution in [2.45, 2.75) is 13.5 Å². The molecule has 2 heterocycles. The molecule has 78 valence electrons. The van der Waals surface area contributed by atoms with Crippen molar-refractivity contribution in [3.8, 4) is 11.4 Å². The van der Waals surface area contributed by atoms with Crippen molar-refractivity contribution in [3.63, 3.8) is 0 Å². The number of aromatic nitrogens is 3. The molecule has 0 saturated carbocycles. The zero-order valence-electron chi connectivity index (χ0n) is 8.81. The summed E-state index contributed by atoms with van der Waals surface area (Å²) >= 11 is 0. The van der Waals surface area contributed by atoms with Gasteiger partial charge >= 0.3 is 0 Å². The fourth-order valence-corrected chi connectivity index (χ4v) is 1.55. The average Bonchev–Trinajstić information content (AvgIpc) is 2.57. The van der Waals surface area contributed by atoms with Gasteiger partial charge in [-0.15, -0.1) is 0 Å². The highest BCUT2D eigenvalue weighted by Crippen LogP contribution is 2.20. The van der Waals surface area contributed by atoms with Crippen molar-refractivity contribution in [1.29, 1.82) is 0 Å². The lowest BCUT2D eigenvalue weighted by atomic mass is 10.2. The van der Waals surface area contributed by atoms with Gasteiger partial charge in [-0.25, -0.2) is 4.98 Å². The van der Waals surface area contributed by atoms with E-state index in [2.05, 4.69) is 9.97 Å². The highest BCUT2D eigenvalue weighted by molar-refractivity contribution is 5.55. The van der Waals surface area contributed by atoms with Gasteiger partial charge in [-0.1, -0.05) is 0 Å². The fourth-order valence-electron chi connectivity index (χ4n) is 1.55. The van der Waals surface area contributed by atoms with E-state index in [1.807, 2.05) is 30.7 Å². The summed E-state index contributed by atoms with van der Waals surface area (Å²) in [5, 5.41) is 9.11. The van der Waals surface area contributed by atoms with Gasteiger partial charge in [0.05, 0.1) is 12.3 Å². The molecule has 4 nitrogen and oxygen atoms in total. The lowest BCUT2D eigenvalue weighted by molar-refractivity contribution is 0.276. The summed E-state index contributed by atoms with van der Waals surface area (Å²) in [5.74, 6) is 0.860. The Labute approximate surface area is 88.2 Å². The molecule has 0 aliphatic carbocycles. The summed E-state index contributed by atoms with van der Waals surface area (Å²) in [7, 11) is 1.94. The smallest absolute Gasteiger partial charge is 0.140 e. The van der Waals surface area contributed by atoms with E-state index in [4.69, 9.17) is 5.11 Å². The summed E-state index contributed by atoms with van der Waals surface area (Å²) in [6.07, 6.45) is 3.47. The molecule has 4 heteroatoms. The van der Waals surface area contributed by atoms with E-state index in [0.717, 1.165) is 22.8 Å². The van der Waals surface area contributed by atoms with Crippen LogP contribution in [0.4, 0.5) is 0 Å². The third kappa shape index (κ3) is 1.64. The van der Waals surface area contributed by atoms with Crippen molar-refractivity contribution in [2.24, 2.45) is 7.05 Å². The van der Waals surface area contributed by atoms with E-state index in [1.54, 1.807) is 12.4 Å². The first-order chi connectivity index (χ1) is 7.24. The van der Waals surface area contributed by atoms with Gasteiger partial charge < -0.3 is 9.67 Å². The van der Waals surface area contributed by atoms with Crippen LogP contribution in [0.2, 0.25) is 0 Å². The molecular weight excluding hydrogens is 190 g/mol. The molecular formula is C11H13N3O. The largest absolute Gasteiger partial charge is 0.390 e. The average molecular weight is 203 g/mol. The van der Waals surface area contributed by atoms with Crippen molar-refractivity contribution in [3.05, 3.63) is 35.9 Å². The Kier molecular flexibility index (Phi) is 2.51. The second kappa shape index (κ2) is 3.82. The van der Waals surface area contributed by atoms with Gasteiger partial charge in [-0.3, -0.25) is 4.98 Å². The van der Waals surface area contributed by atoms with Crippen LogP contribution in [0.25, 0.3) is 11.4 Å². The predicted molar refractivity (Wildman–Crippen MR) is 57.1 cm³/mol. The maximum Gasteiger partial charge on any atom is 0.140 e. The predicted octanol–water partition coefficient (Wildman–Crippen LogP) is 1.28. The first-order valence-electron chi connectivity index (χ1n) is 4.77. The number of aliphatic hydroxyl groups is 1. The Hall–Kier alpha value is -1.68. The van der Waals surface area contributed by atoms with E-state index >= 15 is 0 Å². The second-order valence-electron chi connectivity index (χ2n) is 3.42. The molecule has 0 aromatic carbocycles. The Morgan fingerprint density at radius 3 is 2.53 bits per heavy atom. The quantitative estimate of drug-likeness (QED) is 0.800. The van der Waals surface area contributed by atoms with Gasteiger partial charge in [-0.05, 0) is 19.1 Å². The summed E-state index contributed by atoms with van der Waals surface area (Å²) in [4.78, 5) is 8.35. The van der Waals surface area contributed by atoms with E-state index < -0.39 is 0 Å². The molecule has 0 atom stereocenters. The SMILES string of the molecule is Cc1c(CO)nc(-c2ccncc2)n1C. The Morgan fingerprint density at radius 1 is 1.33 bits per heavy atom. The zero-order chi connectivity index (χ0) is 10.8. The van der Waals surface area contributed by atoms with Crippen molar-refractivity contribution < 1.29 is 5.11 Å². The van der Waals surface area contributed by atoms with Crippen LogP contribution < -0.4 is 0 Å². The van der Waals surface area contributed by atoms with Crippen LogP contribution in [0, 0.1) is 6.92 Å². The minimum Gasteiger partial charge on any atom is -0.390 e. The molecule has 2 rings (SSSR count). The van der Waals surface area contributed by atoms with Crippen LogP contribution >= 0.6 is 0 Å². The number of hydrogen-bond acceptors (Lipinski definition) is 3. The molecule has 0 saturated heterocycles. The molecule has 2 aromatic heterocycles. The fraction of sp³-hybridized carbons (Fsp3) is 0.273. The second-order valence-corrected chi connectivity index (χ2v) is 3.42. The van der Waals surface area contributed by atoms with E-state index in [1.165, 1.54) is 0 Å². The van der Waals surface area contributed by atoms with Crippen LogP contribution in [-0.4, -0.2) is 19.6 Å². The van der Waals surface area contributed by atoms with Gasteiger partial charge in [-0.2, -0.15) is 0 Å². The highest BCUT2D eigenvalue weighted by atomic mass is 16.3. The number of pyridine rings is 1. The summed E-state index contributed by atoms with van der Waals surface area (Å²) < 4.78 is 1.97. The molecule has 0 aliphatic heterocycles. The number of nitrogens with zero attached hydrogens (tertiary/aromatic N) is 3. The van der Waals surface area contributed by atoms with E-state index in [0.29, 0.717) is 0 Å². The summed E-state index contributed by atoms with van der Waals surface area (Å²) in [5.41, 5.74) is 2.73. The van der Waals surface area contributed by atoms with E-state index in [9.17, 15) is 0 Å². The molecule has 0 radical (unpaired) electrons. The van der Waals surface area contributed by atoms with E-state index in [-0.39, 0.29) is 6.61 Å². The first-order valence-corrected chi connectivity index (χ1v) is 4.77. The van der Waals surface area contributed by atoms with Gasteiger partial charge in [0.1, 0.15) is 5.82 Å². The lowest BCUT2D eigenvalue weighted by Gasteiger charge is -2.01. The molecule has 15 heavy (non-hydrogen) atoms. The van der Waals surface area contributed by atoms with Gasteiger partial charge in [0.2, 0.25) is 0 Å². The van der Waals surface area contributed by atoms with Crippen molar-refractivity contribution in [1.82, 2.24) is 14.5 Å². The van der Waals surface area contributed by atoms with Crippen LogP contribution in [0.1, 0.15) is 11.4 Å². The topological polar surface area (TPSA) is 50.9 Å². The molecule has 0 fully saturated rings. The molecule has 0 amide bonds. The Balaban J connectivity index is 2.55. The number of imidazole rings is 1. The van der Waals surface area contributed by atoms with Crippen LogP contribution in [0.15, 0.2) is 24.5 Å². The normalized spacial score (nSPS) is 10.6. The third-order valence-corrected chi connectivity index (χ3v) is 2.57. The Bertz CT molecular complexity index is 462. The maximum atomic E-state index is 9.11. The van der Waals surface area contributed by atoms with Crippen molar-refractivity contribution >= 4 is 0 Å². The molecule has 0 bridgehead atoms. The Morgan fingerprint density at radius 2 is 2.00 bits per heavy atom. The zero-order valence-corrected chi connectivity index (χ0v) is 8.81. The standard InChI is InChI=1S/C11H13N3O/c1-8-10(7-15)13-11(14(8)2)9-3-5-12-6-4-9/h3-6,15H,7H2,1-2H3. The maximum absolute atomic E-state index is 9.11. The molecule has 0 unspecified atom stereocenters. The highest BCUT2D eigenvalue weighted by Gasteiger charge is 2.11. The molecule has 1 N–H and O–H groups in total. The minimum absolute atomic E-state index is 0.0231. The van der Waals surface area contributed by atoms with Gasteiger partial charge in [0.25, 0.3) is 0 Å². The van der Waals surface area contributed by atoms with Crippen LogP contribution in [0.3, 0.4) is 0 Å². The monoisotopic (exact) mass is 203 g/mol. The van der Waals surface area contributed by atoms with Crippen LogP contribution in [0.5, 0.6) is 0 Å². The first kappa shape index (κ1) is 9.86. The number of hydrogen-bond donors (Lipinski definition) is 1. The molecule has 0 aliphatic rings.